The van der Waals surface area contributed by atoms with Gasteiger partial charge in [0.15, 0.2) is 0 Å². The summed E-state index contributed by atoms with van der Waals surface area (Å²) in [5, 5.41) is 3.14. The smallest absolute Gasteiger partial charge is 0.320 e. The standard InChI is InChI=1S/C10H20N2O2/c1-8(4-11-3)5-12-6-10(13)14-7-9(12)2/h8-9,11H,4-7H2,1-3H3. The van der Waals surface area contributed by atoms with Crippen molar-refractivity contribution in [2.24, 2.45) is 5.92 Å². The Bertz CT molecular complexity index is 197. The Morgan fingerprint density at radius 2 is 2.43 bits per heavy atom. The highest BCUT2D eigenvalue weighted by Crippen LogP contribution is 2.09. The van der Waals surface area contributed by atoms with Gasteiger partial charge in [-0.25, -0.2) is 0 Å². The third-order valence-electron chi connectivity index (χ3n) is 2.54. The molecular formula is C10H20N2O2. The van der Waals surface area contributed by atoms with Crippen LogP contribution in [-0.2, 0) is 9.53 Å². The number of hydrogen-bond acceptors (Lipinski definition) is 4. The number of nitrogens with zero attached hydrogens (tertiary/aromatic N) is 1. The van der Waals surface area contributed by atoms with Gasteiger partial charge in [0, 0.05) is 12.6 Å². The second kappa shape index (κ2) is 5.32. The van der Waals surface area contributed by atoms with E-state index < -0.39 is 0 Å². The van der Waals surface area contributed by atoms with E-state index in [4.69, 9.17) is 4.74 Å². The minimum atomic E-state index is -0.0974. The fraction of sp³-hybridized carbons (Fsp3) is 0.900. The van der Waals surface area contributed by atoms with Crippen LogP contribution >= 0.6 is 0 Å². The lowest BCUT2D eigenvalue weighted by Gasteiger charge is -2.33. The van der Waals surface area contributed by atoms with Crippen molar-refractivity contribution in [3.8, 4) is 0 Å². The molecule has 0 aromatic heterocycles. The van der Waals surface area contributed by atoms with Crippen LogP contribution in [0.4, 0.5) is 0 Å². The summed E-state index contributed by atoms with van der Waals surface area (Å²) in [7, 11) is 1.95. The molecule has 1 rings (SSSR count). The first kappa shape index (κ1) is 11.5. The van der Waals surface area contributed by atoms with Crippen LogP contribution in [0, 0.1) is 5.92 Å². The molecule has 0 aliphatic carbocycles. The number of carbonyl (C=O) groups is 1. The highest BCUT2D eigenvalue weighted by atomic mass is 16.5. The van der Waals surface area contributed by atoms with Crippen molar-refractivity contribution in [1.82, 2.24) is 10.2 Å². The fourth-order valence-electron chi connectivity index (χ4n) is 1.74. The van der Waals surface area contributed by atoms with E-state index in [0.29, 0.717) is 25.1 Å². The maximum Gasteiger partial charge on any atom is 0.320 e. The van der Waals surface area contributed by atoms with Crippen molar-refractivity contribution in [3.05, 3.63) is 0 Å². The average molecular weight is 200 g/mol. The van der Waals surface area contributed by atoms with Crippen LogP contribution in [-0.4, -0.2) is 50.2 Å². The highest BCUT2D eigenvalue weighted by molar-refractivity contribution is 5.72. The largest absolute Gasteiger partial charge is 0.463 e. The SMILES string of the molecule is CNCC(C)CN1CC(=O)OCC1C. The first-order valence-corrected chi connectivity index (χ1v) is 5.17. The minimum Gasteiger partial charge on any atom is -0.463 e. The summed E-state index contributed by atoms with van der Waals surface area (Å²) in [5.41, 5.74) is 0. The number of morpholine rings is 1. The lowest BCUT2D eigenvalue weighted by molar-refractivity contribution is -0.154. The predicted molar refractivity (Wildman–Crippen MR) is 55.1 cm³/mol. The Kier molecular flexibility index (Phi) is 4.35. The quantitative estimate of drug-likeness (QED) is 0.653. The molecule has 0 amide bonds. The molecule has 0 saturated carbocycles. The Balaban J connectivity index is 2.37. The minimum absolute atomic E-state index is 0.0974. The van der Waals surface area contributed by atoms with Gasteiger partial charge in [0.05, 0.1) is 6.54 Å². The fourth-order valence-corrected chi connectivity index (χ4v) is 1.74. The van der Waals surface area contributed by atoms with E-state index in [1.165, 1.54) is 0 Å². The van der Waals surface area contributed by atoms with Gasteiger partial charge in [-0.1, -0.05) is 6.92 Å². The van der Waals surface area contributed by atoms with Gasteiger partial charge < -0.3 is 10.1 Å². The first-order valence-electron chi connectivity index (χ1n) is 5.17. The Hall–Kier alpha value is -0.610. The zero-order valence-electron chi connectivity index (χ0n) is 9.25. The summed E-state index contributed by atoms with van der Waals surface area (Å²) in [6.07, 6.45) is 0. The molecule has 0 spiro atoms. The molecule has 0 radical (unpaired) electrons. The lowest BCUT2D eigenvalue weighted by atomic mass is 10.1. The first-order chi connectivity index (χ1) is 6.63. The molecule has 0 bridgehead atoms. The maximum absolute atomic E-state index is 11.1. The second-order valence-corrected chi connectivity index (χ2v) is 4.12. The summed E-state index contributed by atoms with van der Waals surface area (Å²) in [6, 6.07) is 0.354. The molecule has 0 aromatic carbocycles. The third kappa shape index (κ3) is 3.27. The van der Waals surface area contributed by atoms with Crippen LogP contribution < -0.4 is 5.32 Å². The second-order valence-electron chi connectivity index (χ2n) is 4.12. The Labute approximate surface area is 85.6 Å². The normalized spacial score (nSPS) is 25.9. The van der Waals surface area contributed by atoms with Gasteiger partial charge in [0.1, 0.15) is 6.61 Å². The van der Waals surface area contributed by atoms with Crippen molar-refractivity contribution < 1.29 is 9.53 Å². The molecule has 1 heterocycles. The molecule has 14 heavy (non-hydrogen) atoms. The maximum atomic E-state index is 11.1. The number of ether oxygens (including phenoxy) is 1. The zero-order valence-corrected chi connectivity index (χ0v) is 9.25. The van der Waals surface area contributed by atoms with Crippen molar-refractivity contribution in [2.75, 3.05) is 33.3 Å². The van der Waals surface area contributed by atoms with E-state index in [0.717, 1.165) is 13.1 Å². The summed E-state index contributed by atoms with van der Waals surface area (Å²) in [5.74, 6) is 0.466. The topological polar surface area (TPSA) is 41.6 Å². The third-order valence-corrected chi connectivity index (χ3v) is 2.54. The molecule has 1 fully saturated rings. The lowest BCUT2D eigenvalue weighted by Crippen LogP contribution is -2.48. The van der Waals surface area contributed by atoms with Gasteiger partial charge in [-0.2, -0.15) is 0 Å². The number of esters is 1. The summed E-state index contributed by atoms with van der Waals surface area (Å²) in [4.78, 5) is 13.3. The average Bonchev–Trinajstić information content (AvgIpc) is 2.12. The van der Waals surface area contributed by atoms with Crippen LogP contribution in [0.1, 0.15) is 13.8 Å². The van der Waals surface area contributed by atoms with E-state index in [1.54, 1.807) is 0 Å². The summed E-state index contributed by atoms with van der Waals surface area (Å²) >= 11 is 0. The van der Waals surface area contributed by atoms with E-state index in [1.807, 2.05) is 7.05 Å². The molecule has 1 aliphatic heterocycles. The van der Waals surface area contributed by atoms with Gasteiger partial charge in [-0.3, -0.25) is 9.69 Å². The van der Waals surface area contributed by atoms with Gasteiger partial charge >= 0.3 is 5.97 Å². The van der Waals surface area contributed by atoms with Crippen molar-refractivity contribution in [3.63, 3.8) is 0 Å². The molecule has 1 aliphatic rings. The molecule has 2 unspecified atom stereocenters. The number of hydrogen-bond donors (Lipinski definition) is 1. The van der Waals surface area contributed by atoms with Crippen LogP contribution in [0.25, 0.3) is 0 Å². The van der Waals surface area contributed by atoms with Gasteiger partial charge in [0.2, 0.25) is 0 Å². The Morgan fingerprint density at radius 3 is 3.07 bits per heavy atom. The van der Waals surface area contributed by atoms with Gasteiger partial charge in [-0.05, 0) is 26.4 Å². The van der Waals surface area contributed by atoms with E-state index in [-0.39, 0.29) is 5.97 Å². The number of carbonyl (C=O) groups excluding carboxylic acids is 1. The summed E-state index contributed by atoms with van der Waals surface area (Å²) < 4.78 is 4.97. The summed E-state index contributed by atoms with van der Waals surface area (Å²) in [6.45, 7) is 7.19. The van der Waals surface area contributed by atoms with E-state index >= 15 is 0 Å². The molecule has 2 atom stereocenters. The Morgan fingerprint density at radius 1 is 1.71 bits per heavy atom. The number of cyclic esters (lactones) is 1. The molecule has 1 saturated heterocycles. The van der Waals surface area contributed by atoms with Crippen LogP contribution in [0.5, 0.6) is 0 Å². The van der Waals surface area contributed by atoms with E-state index in [2.05, 4.69) is 24.1 Å². The zero-order chi connectivity index (χ0) is 10.6. The highest BCUT2D eigenvalue weighted by Gasteiger charge is 2.25. The van der Waals surface area contributed by atoms with Crippen LogP contribution in [0.15, 0.2) is 0 Å². The molecule has 4 nitrogen and oxygen atoms in total. The van der Waals surface area contributed by atoms with Crippen molar-refractivity contribution in [2.45, 2.75) is 19.9 Å². The molecule has 4 heteroatoms. The molecule has 1 N–H and O–H groups in total. The van der Waals surface area contributed by atoms with Gasteiger partial charge in [-0.15, -0.1) is 0 Å². The van der Waals surface area contributed by atoms with Crippen molar-refractivity contribution in [1.29, 1.82) is 0 Å². The van der Waals surface area contributed by atoms with Gasteiger partial charge in [0.25, 0.3) is 0 Å². The monoisotopic (exact) mass is 200 g/mol. The van der Waals surface area contributed by atoms with E-state index in [9.17, 15) is 4.79 Å². The number of nitrogens with one attached hydrogen (secondary N) is 1. The molecule has 0 aromatic rings. The van der Waals surface area contributed by atoms with Crippen LogP contribution in [0.2, 0.25) is 0 Å². The number of rotatable bonds is 4. The van der Waals surface area contributed by atoms with Crippen molar-refractivity contribution >= 4 is 5.97 Å². The van der Waals surface area contributed by atoms with Crippen LogP contribution in [0.3, 0.4) is 0 Å². The predicted octanol–water partition coefficient (Wildman–Crippen LogP) is 0.0892. The molecular weight excluding hydrogens is 180 g/mol. The molecule has 82 valence electrons.